The fourth-order valence-corrected chi connectivity index (χ4v) is 4.67. The van der Waals surface area contributed by atoms with Crippen LogP contribution in [-0.4, -0.2) is 11.7 Å². The molecule has 1 aliphatic rings. The molecule has 0 spiro atoms. The quantitative estimate of drug-likeness (QED) is 0.375. The molecule has 0 fully saturated rings. The summed E-state index contributed by atoms with van der Waals surface area (Å²) in [5, 5.41) is 3.48. The molecule has 0 saturated carbocycles. The summed E-state index contributed by atoms with van der Waals surface area (Å²) < 4.78 is 25.6. The number of benzene rings is 3. The Hall–Kier alpha value is -3.93. The molecular weight excluding hydrogens is 433 g/mol. The number of halogens is 1. The van der Waals surface area contributed by atoms with E-state index in [1.807, 2.05) is 39.0 Å². The second kappa shape index (κ2) is 7.83. The molecule has 0 bridgehead atoms. The molecule has 3 aromatic carbocycles. The molecule has 5 rings (SSSR count). The van der Waals surface area contributed by atoms with E-state index in [2.05, 4.69) is 5.32 Å². The lowest BCUT2D eigenvalue weighted by Crippen LogP contribution is -2.36. The van der Waals surface area contributed by atoms with Crippen molar-refractivity contribution in [3.8, 4) is 5.75 Å². The number of Topliss-reactive ketones (excluding diaryl/α,β-unsaturated/α-hetero) is 1. The number of furan rings is 1. The molecule has 0 radical (unpaired) electrons. The molecule has 2 heterocycles. The Morgan fingerprint density at radius 3 is 2.47 bits per heavy atom. The van der Waals surface area contributed by atoms with E-state index in [0.29, 0.717) is 39.1 Å². The van der Waals surface area contributed by atoms with Crippen molar-refractivity contribution < 1.29 is 23.1 Å². The molecule has 1 atom stereocenters. The number of aryl methyl sites for hydroxylation is 3. The van der Waals surface area contributed by atoms with Crippen molar-refractivity contribution in [2.75, 3.05) is 5.32 Å². The number of carbonyl (C=O) groups is 2. The second-order valence-corrected chi connectivity index (χ2v) is 9.08. The first-order valence-electron chi connectivity index (χ1n) is 11.1. The SMILES string of the molecule is Cc1ccc(NC(=O)c2oc3ccc4c(c3c2C)C(=O)C[C@@](C)(c2ccc(F)cc2)O4)c(C)c1. The van der Waals surface area contributed by atoms with Crippen LogP contribution in [0.1, 0.15) is 56.5 Å². The minimum Gasteiger partial charge on any atom is -0.482 e. The third-order valence-corrected chi connectivity index (χ3v) is 6.46. The number of carbonyl (C=O) groups excluding carboxylic acids is 2. The highest BCUT2D eigenvalue weighted by molar-refractivity contribution is 6.15. The number of rotatable bonds is 3. The highest BCUT2D eigenvalue weighted by Gasteiger charge is 2.40. The molecule has 1 aromatic heterocycles. The van der Waals surface area contributed by atoms with Crippen molar-refractivity contribution in [3.63, 3.8) is 0 Å². The summed E-state index contributed by atoms with van der Waals surface area (Å²) in [6.45, 7) is 7.50. The highest BCUT2D eigenvalue weighted by atomic mass is 19.1. The summed E-state index contributed by atoms with van der Waals surface area (Å²) in [6, 6.07) is 15.1. The largest absolute Gasteiger partial charge is 0.482 e. The lowest BCUT2D eigenvalue weighted by molar-refractivity contribution is 0.0507. The van der Waals surface area contributed by atoms with E-state index in [0.717, 1.165) is 11.1 Å². The summed E-state index contributed by atoms with van der Waals surface area (Å²) in [4.78, 5) is 26.4. The predicted octanol–water partition coefficient (Wildman–Crippen LogP) is 6.63. The molecule has 0 aliphatic carbocycles. The van der Waals surface area contributed by atoms with Crippen molar-refractivity contribution >= 4 is 28.3 Å². The molecule has 5 nitrogen and oxygen atoms in total. The first-order valence-corrected chi connectivity index (χ1v) is 11.1. The number of fused-ring (bicyclic) bond motifs is 3. The minimum atomic E-state index is -0.924. The molecule has 34 heavy (non-hydrogen) atoms. The summed E-state index contributed by atoms with van der Waals surface area (Å²) in [7, 11) is 0. The van der Waals surface area contributed by atoms with Gasteiger partial charge in [0.15, 0.2) is 11.5 Å². The normalized spacial score (nSPS) is 17.4. The van der Waals surface area contributed by atoms with E-state index in [1.165, 1.54) is 12.1 Å². The average Bonchev–Trinajstić information content (AvgIpc) is 3.12. The van der Waals surface area contributed by atoms with Gasteiger partial charge in [0.2, 0.25) is 0 Å². The number of nitrogens with one attached hydrogen (secondary N) is 1. The molecule has 172 valence electrons. The number of hydrogen-bond acceptors (Lipinski definition) is 4. The summed E-state index contributed by atoms with van der Waals surface area (Å²) in [5.41, 5.74) is 3.98. The molecule has 1 amide bonds. The number of ether oxygens (including phenoxy) is 1. The summed E-state index contributed by atoms with van der Waals surface area (Å²) >= 11 is 0. The number of ketones is 1. The van der Waals surface area contributed by atoms with Crippen LogP contribution in [0.25, 0.3) is 11.0 Å². The standard InChI is InChI=1S/C28H24FNO4/c1-15-5-10-20(16(2)13-15)30-27(32)26-17(3)24-22(33-26)11-12-23-25(24)21(31)14-28(4,34-23)18-6-8-19(29)9-7-18/h5-13H,14H2,1-4H3,(H,30,32)/t28-/m0/s1. The minimum absolute atomic E-state index is 0.0828. The van der Waals surface area contributed by atoms with Gasteiger partial charge >= 0.3 is 0 Å². The van der Waals surface area contributed by atoms with Crippen molar-refractivity contribution in [2.45, 2.75) is 39.7 Å². The van der Waals surface area contributed by atoms with Crippen LogP contribution in [0.4, 0.5) is 10.1 Å². The van der Waals surface area contributed by atoms with Gasteiger partial charge in [-0.2, -0.15) is 0 Å². The third kappa shape index (κ3) is 3.55. The van der Waals surface area contributed by atoms with Crippen molar-refractivity contribution in [2.24, 2.45) is 0 Å². The topological polar surface area (TPSA) is 68.5 Å². The zero-order valence-corrected chi connectivity index (χ0v) is 19.4. The lowest BCUT2D eigenvalue weighted by atomic mass is 9.84. The molecule has 4 aromatic rings. The van der Waals surface area contributed by atoms with Crippen LogP contribution in [0.5, 0.6) is 5.75 Å². The van der Waals surface area contributed by atoms with Gasteiger partial charge in [0.25, 0.3) is 5.91 Å². The Bertz CT molecular complexity index is 1470. The van der Waals surface area contributed by atoms with E-state index >= 15 is 0 Å². The maximum Gasteiger partial charge on any atom is 0.291 e. The van der Waals surface area contributed by atoms with Crippen LogP contribution < -0.4 is 10.1 Å². The van der Waals surface area contributed by atoms with Crippen LogP contribution >= 0.6 is 0 Å². The average molecular weight is 458 g/mol. The summed E-state index contributed by atoms with van der Waals surface area (Å²) in [5.74, 6) is -0.278. The van der Waals surface area contributed by atoms with Gasteiger partial charge in [-0.15, -0.1) is 0 Å². The van der Waals surface area contributed by atoms with Crippen molar-refractivity contribution in [1.82, 2.24) is 0 Å². The van der Waals surface area contributed by atoms with Crippen LogP contribution in [0, 0.1) is 26.6 Å². The first-order chi connectivity index (χ1) is 16.2. The molecule has 0 unspecified atom stereocenters. The number of amides is 1. The Morgan fingerprint density at radius 2 is 1.76 bits per heavy atom. The van der Waals surface area contributed by atoms with E-state index in [-0.39, 0.29) is 29.7 Å². The molecular formula is C28H24FNO4. The van der Waals surface area contributed by atoms with Gasteiger partial charge in [-0.05, 0) is 69.2 Å². The maximum atomic E-state index is 13.4. The van der Waals surface area contributed by atoms with E-state index in [1.54, 1.807) is 31.2 Å². The Balaban J connectivity index is 1.53. The summed E-state index contributed by atoms with van der Waals surface area (Å²) in [6.07, 6.45) is 0.0828. The van der Waals surface area contributed by atoms with E-state index < -0.39 is 5.60 Å². The second-order valence-electron chi connectivity index (χ2n) is 9.08. The highest BCUT2D eigenvalue weighted by Crippen LogP contribution is 2.44. The maximum absolute atomic E-state index is 13.4. The fourth-order valence-electron chi connectivity index (χ4n) is 4.67. The van der Waals surface area contributed by atoms with Gasteiger partial charge in [-0.25, -0.2) is 4.39 Å². The Kier molecular flexibility index (Phi) is 5.04. The Labute approximate surface area is 196 Å². The molecule has 1 aliphatic heterocycles. The number of anilines is 1. The van der Waals surface area contributed by atoms with Crippen LogP contribution in [-0.2, 0) is 5.60 Å². The van der Waals surface area contributed by atoms with Crippen LogP contribution in [0.15, 0.2) is 59.0 Å². The molecule has 1 N–H and O–H groups in total. The zero-order valence-electron chi connectivity index (χ0n) is 19.4. The first kappa shape index (κ1) is 21.9. The zero-order chi connectivity index (χ0) is 24.2. The molecule has 0 saturated heterocycles. The van der Waals surface area contributed by atoms with Crippen molar-refractivity contribution in [1.29, 1.82) is 0 Å². The van der Waals surface area contributed by atoms with Gasteiger partial charge in [0, 0.05) is 16.6 Å². The number of hydrogen-bond donors (Lipinski definition) is 1. The van der Waals surface area contributed by atoms with E-state index in [4.69, 9.17) is 9.15 Å². The Morgan fingerprint density at radius 1 is 1.03 bits per heavy atom. The third-order valence-electron chi connectivity index (χ3n) is 6.46. The smallest absolute Gasteiger partial charge is 0.291 e. The van der Waals surface area contributed by atoms with Crippen LogP contribution in [0.2, 0.25) is 0 Å². The van der Waals surface area contributed by atoms with Gasteiger partial charge in [-0.3, -0.25) is 9.59 Å². The van der Waals surface area contributed by atoms with Gasteiger partial charge in [-0.1, -0.05) is 29.8 Å². The van der Waals surface area contributed by atoms with Crippen LogP contribution in [0.3, 0.4) is 0 Å². The predicted molar refractivity (Wildman–Crippen MR) is 128 cm³/mol. The van der Waals surface area contributed by atoms with Gasteiger partial charge in [0.1, 0.15) is 22.8 Å². The van der Waals surface area contributed by atoms with E-state index in [9.17, 15) is 14.0 Å². The van der Waals surface area contributed by atoms with Gasteiger partial charge in [0.05, 0.1) is 12.0 Å². The van der Waals surface area contributed by atoms with Gasteiger partial charge < -0.3 is 14.5 Å². The molecule has 6 heteroatoms. The lowest BCUT2D eigenvalue weighted by Gasteiger charge is -2.35. The fraction of sp³-hybridized carbons (Fsp3) is 0.214. The van der Waals surface area contributed by atoms with Crippen molar-refractivity contribution in [3.05, 3.63) is 94.0 Å². The monoisotopic (exact) mass is 457 g/mol.